The molecule has 2 N–H and O–H groups in total. The molecule has 0 saturated heterocycles. The summed E-state index contributed by atoms with van der Waals surface area (Å²) in [6.45, 7) is 0. The van der Waals surface area contributed by atoms with Crippen LogP contribution in [0, 0.1) is 0 Å². The van der Waals surface area contributed by atoms with Crippen molar-refractivity contribution in [2.75, 3.05) is 14.2 Å². The number of benzene rings is 1. The summed E-state index contributed by atoms with van der Waals surface area (Å²) in [5, 5.41) is 10.9. The Balaban J connectivity index is 0.00000200. The molecular weight excluding hydrogens is 321 g/mol. The Kier molecular flexibility index (Phi) is 6.47. The average Bonchev–Trinajstić information content (AvgIpc) is 2.93. The van der Waals surface area contributed by atoms with Crippen molar-refractivity contribution in [2.24, 2.45) is 4.99 Å². The first-order valence-corrected chi connectivity index (χ1v) is 6.26. The third kappa shape index (κ3) is 3.70. The first-order chi connectivity index (χ1) is 9.28. The van der Waals surface area contributed by atoms with Crippen molar-refractivity contribution in [2.45, 2.75) is 0 Å². The van der Waals surface area contributed by atoms with Crippen molar-refractivity contribution in [3.8, 4) is 22.8 Å². The van der Waals surface area contributed by atoms with Crippen LogP contribution in [0.2, 0.25) is 0 Å². The molecule has 0 aliphatic heterocycles. The minimum absolute atomic E-state index is 0. The molecule has 0 aliphatic rings. The van der Waals surface area contributed by atoms with Crippen molar-refractivity contribution in [1.29, 1.82) is 0 Å². The van der Waals surface area contributed by atoms with Crippen LogP contribution in [-0.2, 0) is 17.1 Å². The molecule has 6 nitrogen and oxygen atoms in total. The fourth-order valence-electron chi connectivity index (χ4n) is 1.54. The molecule has 0 atom stereocenters. The van der Waals surface area contributed by atoms with E-state index in [4.69, 9.17) is 14.7 Å². The van der Waals surface area contributed by atoms with E-state index in [1.54, 1.807) is 14.2 Å². The van der Waals surface area contributed by atoms with E-state index in [0.717, 1.165) is 17.6 Å². The number of hydrogen-bond acceptors (Lipinski definition) is 6. The largest absolute Gasteiger partial charge is 2.00 e. The predicted octanol–water partition coefficient (Wildman–Crippen LogP) is 2.46. The van der Waals surface area contributed by atoms with Gasteiger partial charge in [-0.1, -0.05) is 0 Å². The predicted molar refractivity (Wildman–Crippen MR) is 73.7 cm³/mol. The van der Waals surface area contributed by atoms with E-state index >= 15 is 0 Å². The summed E-state index contributed by atoms with van der Waals surface area (Å²) in [7, 11) is 3.18. The van der Waals surface area contributed by atoms with Gasteiger partial charge in [-0.15, -0.1) is 11.3 Å². The van der Waals surface area contributed by atoms with Gasteiger partial charge in [0.25, 0.3) is 0 Å². The van der Waals surface area contributed by atoms with Gasteiger partial charge in [-0.25, -0.2) is 9.98 Å². The van der Waals surface area contributed by atoms with Crippen molar-refractivity contribution in [3.05, 3.63) is 23.6 Å². The fraction of sp³-hybridized carbons (Fsp3) is 0.167. The van der Waals surface area contributed by atoms with Gasteiger partial charge < -0.3 is 9.47 Å². The first-order valence-electron chi connectivity index (χ1n) is 5.38. The second-order valence-corrected chi connectivity index (χ2v) is 4.31. The Morgan fingerprint density at radius 2 is 2.05 bits per heavy atom. The number of nitrogens with zero attached hydrogens (tertiary/aromatic N) is 2. The molecule has 1 aromatic heterocycles. The second-order valence-electron chi connectivity index (χ2n) is 3.47. The van der Waals surface area contributed by atoms with Crippen molar-refractivity contribution in [3.63, 3.8) is 0 Å². The molecule has 1 heterocycles. The van der Waals surface area contributed by atoms with E-state index in [0.29, 0.717) is 16.6 Å². The molecule has 0 saturated carbocycles. The molecule has 0 spiro atoms. The quantitative estimate of drug-likeness (QED) is 0.380. The summed E-state index contributed by atoms with van der Waals surface area (Å²) in [5.41, 5.74) is 3.53. The topological polar surface area (TPSA) is 76.0 Å². The van der Waals surface area contributed by atoms with Gasteiger partial charge in [0.1, 0.15) is 6.34 Å². The Bertz CT molecular complexity index is 589. The SMILES string of the molecule is COc1ccc(-c2csc(/N=C\NO)n2)cc1OC.[Mn+2]. The standard InChI is InChI=1S/C12H13N3O3S.Mn/c1-17-10-4-3-8(5-11(10)18-2)9-6-19-12(15-9)13-7-14-16;/h3-7,16H,1-2H3,(H,13,14,15);/q;+2. The molecule has 0 amide bonds. The number of hydrogen-bond donors (Lipinski definition) is 2. The Morgan fingerprint density at radius 1 is 1.30 bits per heavy atom. The van der Waals surface area contributed by atoms with Gasteiger partial charge in [0.05, 0.1) is 19.9 Å². The zero-order valence-electron chi connectivity index (χ0n) is 10.8. The van der Waals surface area contributed by atoms with Gasteiger partial charge in [0.15, 0.2) is 11.5 Å². The zero-order chi connectivity index (χ0) is 13.7. The number of hydroxylamine groups is 1. The van der Waals surface area contributed by atoms with Crippen LogP contribution in [-0.4, -0.2) is 30.7 Å². The smallest absolute Gasteiger partial charge is 0.493 e. The van der Waals surface area contributed by atoms with Gasteiger partial charge in [-0.3, -0.25) is 10.7 Å². The van der Waals surface area contributed by atoms with Crippen LogP contribution >= 0.6 is 11.3 Å². The van der Waals surface area contributed by atoms with Crippen molar-refractivity contribution in [1.82, 2.24) is 10.5 Å². The molecule has 0 unspecified atom stereocenters. The van der Waals surface area contributed by atoms with Gasteiger partial charge in [0.2, 0.25) is 5.13 Å². The van der Waals surface area contributed by atoms with E-state index < -0.39 is 0 Å². The maximum absolute atomic E-state index is 8.42. The number of methoxy groups -OCH3 is 2. The molecule has 0 aliphatic carbocycles. The number of ether oxygens (including phenoxy) is 2. The summed E-state index contributed by atoms with van der Waals surface area (Å²) in [6, 6.07) is 5.58. The third-order valence-electron chi connectivity index (χ3n) is 2.40. The van der Waals surface area contributed by atoms with E-state index in [9.17, 15) is 0 Å². The molecule has 0 fully saturated rings. The number of aliphatic imine (C=N–C) groups is 1. The molecule has 105 valence electrons. The molecule has 2 rings (SSSR count). The molecule has 2 aromatic rings. The van der Waals surface area contributed by atoms with E-state index in [2.05, 4.69) is 9.98 Å². The van der Waals surface area contributed by atoms with Gasteiger partial charge >= 0.3 is 17.1 Å². The molecule has 0 bridgehead atoms. The number of nitrogens with one attached hydrogen (secondary N) is 1. The van der Waals surface area contributed by atoms with Crippen LogP contribution in [0.5, 0.6) is 11.5 Å². The maximum atomic E-state index is 8.42. The normalized spacial score (nSPS) is 10.2. The Morgan fingerprint density at radius 3 is 2.70 bits per heavy atom. The monoisotopic (exact) mass is 334 g/mol. The maximum Gasteiger partial charge on any atom is 2.00 e. The average molecular weight is 334 g/mol. The van der Waals surface area contributed by atoms with Crippen LogP contribution < -0.4 is 15.0 Å². The summed E-state index contributed by atoms with van der Waals surface area (Å²) < 4.78 is 10.4. The molecule has 1 aromatic carbocycles. The van der Waals surface area contributed by atoms with E-state index in [-0.39, 0.29) is 17.1 Å². The number of thiazole rings is 1. The molecular formula is C12H13MnN3O3S+2. The minimum Gasteiger partial charge on any atom is -0.493 e. The van der Waals surface area contributed by atoms with Crippen LogP contribution in [0.25, 0.3) is 11.3 Å². The summed E-state index contributed by atoms with van der Waals surface area (Å²) >= 11 is 1.38. The second kappa shape index (κ2) is 7.86. The van der Waals surface area contributed by atoms with Gasteiger partial charge in [0, 0.05) is 10.9 Å². The summed E-state index contributed by atoms with van der Waals surface area (Å²) in [6.07, 6.45) is 1.16. The summed E-state index contributed by atoms with van der Waals surface area (Å²) in [4.78, 5) is 8.23. The van der Waals surface area contributed by atoms with Crippen molar-refractivity contribution < 1.29 is 31.7 Å². The summed E-state index contributed by atoms with van der Waals surface area (Å²) in [5.74, 6) is 1.32. The van der Waals surface area contributed by atoms with E-state index in [1.807, 2.05) is 29.1 Å². The van der Waals surface area contributed by atoms with Gasteiger partial charge in [-0.05, 0) is 18.2 Å². The van der Waals surface area contributed by atoms with Crippen molar-refractivity contribution >= 4 is 22.8 Å². The zero-order valence-corrected chi connectivity index (χ0v) is 12.8. The number of aromatic nitrogens is 1. The van der Waals surface area contributed by atoms with Crippen LogP contribution in [0.1, 0.15) is 0 Å². The van der Waals surface area contributed by atoms with Crippen LogP contribution in [0.3, 0.4) is 0 Å². The Labute approximate surface area is 130 Å². The first kappa shape index (κ1) is 16.5. The molecule has 20 heavy (non-hydrogen) atoms. The molecule has 8 heteroatoms. The van der Waals surface area contributed by atoms with Crippen LogP contribution in [0.15, 0.2) is 28.6 Å². The van der Waals surface area contributed by atoms with Gasteiger partial charge in [-0.2, -0.15) is 0 Å². The van der Waals surface area contributed by atoms with Crippen LogP contribution in [0.4, 0.5) is 5.13 Å². The number of rotatable bonds is 5. The third-order valence-corrected chi connectivity index (χ3v) is 3.15. The minimum atomic E-state index is 0. The molecule has 1 radical (unpaired) electrons. The Hall–Kier alpha value is -1.60. The fourth-order valence-corrected chi connectivity index (χ4v) is 2.21. The van der Waals surface area contributed by atoms with E-state index in [1.165, 1.54) is 11.3 Å².